The molecule has 0 spiro atoms. The van der Waals surface area contributed by atoms with Gasteiger partial charge in [-0.2, -0.15) is 0 Å². The Labute approximate surface area is 199 Å². The van der Waals surface area contributed by atoms with Crippen molar-refractivity contribution in [2.75, 3.05) is 16.9 Å². The Hall–Kier alpha value is -3.03. The fourth-order valence-corrected chi connectivity index (χ4v) is 3.93. The van der Waals surface area contributed by atoms with Gasteiger partial charge in [-0.05, 0) is 48.0 Å². The first-order chi connectivity index (χ1) is 15.5. The largest absolute Gasteiger partial charge is 0.487 e. The van der Waals surface area contributed by atoms with Gasteiger partial charge in [0.05, 0.1) is 11.6 Å². The van der Waals surface area contributed by atoms with Crippen LogP contribution in [0.1, 0.15) is 12.0 Å². The standard InChI is InChI=1S/C24H21BrClN3O3/c25-18-6-11-22(32-15-16-4-2-1-3-5-16)21(13-18)27-28-24(31)17-12-23(30)29(14-17)20-9-7-19(26)8-10-20/h1-11,13,17,27H,12,14-15H2,(H,28,31)/t17-/m1/s1. The Kier molecular flexibility index (Phi) is 6.97. The number of nitrogens with zero attached hydrogens (tertiary/aromatic N) is 1. The molecule has 1 atom stereocenters. The summed E-state index contributed by atoms with van der Waals surface area (Å²) in [6, 6.07) is 22.3. The van der Waals surface area contributed by atoms with Crippen LogP contribution in [0.25, 0.3) is 0 Å². The van der Waals surface area contributed by atoms with Gasteiger partial charge in [0.2, 0.25) is 11.8 Å². The van der Waals surface area contributed by atoms with Crippen LogP contribution in [0.15, 0.2) is 77.3 Å². The van der Waals surface area contributed by atoms with Crippen molar-refractivity contribution < 1.29 is 14.3 Å². The molecule has 1 fully saturated rings. The molecule has 8 heteroatoms. The molecule has 0 bridgehead atoms. The monoisotopic (exact) mass is 513 g/mol. The molecule has 0 aromatic heterocycles. The van der Waals surface area contributed by atoms with Gasteiger partial charge < -0.3 is 9.64 Å². The zero-order chi connectivity index (χ0) is 22.5. The van der Waals surface area contributed by atoms with Gasteiger partial charge in [-0.1, -0.05) is 57.9 Å². The van der Waals surface area contributed by atoms with Crippen molar-refractivity contribution >= 4 is 50.7 Å². The van der Waals surface area contributed by atoms with E-state index in [1.54, 1.807) is 29.2 Å². The normalized spacial score (nSPS) is 15.5. The van der Waals surface area contributed by atoms with Crippen molar-refractivity contribution in [2.45, 2.75) is 13.0 Å². The van der Waals surface area contributed by atoms with Crippen LogP contribution >= 0.6 is 27.5 Å². The summed E-state index contributed by atoms with van der Waals surface area (Å²) >= 11 is 9.37. The number of benzene rings is 3. The van der Waals surface area contributed by atoms with Crippen molar-refractivity contribution in [3.8, 4) is 5.75 Å². The predicted molar refractivity (Wildman–Crippen MR) is 129 cm³/mol. The third-order valence-corrected chi connectivity index (χ3v) is 5.88. The molecule has 0 unspecified atom stereocenters. The summed E-state index contributed by atoms with van der Waals surface area (Å²) in [7, 11) is 0. The Morgan fingerprint density at radius 1 is 1.09 bits per heavy atom. The molecule has 0 radical (unpaired) electrons. The molecule has 164 valence electrons. The average Bonchev–Trinajstić information content (AvgIpc) is 3.19. The minimum atomic E-state index is -0.466. The third-order valence-electron chi connectivity index (χ3n) is 5.13. The van der Waals surface area contributed by atoms with Crippen molar-refractivity contribution in [3.05, 3.63) is 87.9 Å². The second-order valence-electron chi connectivity index (χ2n) is 7.41. The van der Waals surface area contributed by atoms with Gasteiger partial charge in [0.15, 0.2) is 0 Å². The predicted octanol–water partition coefficient (Wildman–Crippen LogP) is 5.18. The first-order valence-corrected chi connectivity index (χ1v) is 11.2. The number of anilines is 2. The number of carbonyl (C=O) groups excluding carboxylic acids is 2. The van der Waals surface area contributed by atoms with E-state index < -0.39 is 5.92 Å². The zero-order valence-electron chi connectivity index (χ0n) is 17.1. The number of hydrazine groups is 1. The number of hydrogen-bond donors (Lipinski definition) is 2. The summed E-state index contributed by atoms with van der Waals surface area (Å²) in [6.07, 6.45) is 0.145. The quantitative estimate of drug-likeness (QED) is 0.426. The number of nitrogens with one attached hydrogen (secondary N) is 2. The molecule has 2 N–H and O–H groups in total. The van der Waals surface area contributed by atoms with E-state index in [2.05, 4.69) is 26.8 Å². The summed E-state index contributed by atoms with van der Waals surface area (Å²) in [5.74, 6) is -0.222. The van der Waals surface area contributed by atoms with Gasteiger partial charge in [0.1, 0.15) is 12.4 Å². The van der Waals surface area contributed by atoms with Gasteiger partial charge in [-0.15, -0.1) is 0 Å². The second-order valence-corrected chi connectivity index (χ2v) is 8.76. The van der Waals surface area contributed by atoms with Crippen molar-refractivity contribution in [2.24, 2.45) is 5.92 Å². The number of ether oxygens (including phenoxy) is 1. The summed E-state index contributed by atoms with van der Waals surface area (Å²) in [4.78, 5) is 26.8. The lowest BCUT2D eigenvalue weighted by Crippen LogP contribution is -2.36. The second kappa shape index (κ2) is 10.1. The van der Waals surface area contributed by atoms with Crippen LogP contribution in [-0.4, -0.2) is 18.4 Å². The van der Waals surface area contributed by atoms with Gasteiger partial charge in [-0.3, -0.25) is 20.4 Å². The molecule has 6 nitrogen and oxygen atoms in total. The fraction of sp³-hybridized carbons (Fsp3) is 0.167. The maximum atomic E-state index is 12.7. The minimum absolute atomic E-state index is 0.0955. The van der Waals surface area contributed by atoms with Gasteiger partial charge >= 0.3 is 0 Å². The summed E-state index contributed by atoms with van der Waals surface area (Å²) in [6.45, 7) is 0.710. The first-order valence-electron chi connectivity index (χ1n) is 10.1. The van der Waals surface area contributed by atoms with E-state index in [9.17, 15) is 9.59 Å². The molecule has 4 rings (SSSR count). The summed E-state index contributed by atoms with van der Waals surface area (Å²) in [5.41, 5.74) is 8.04. The smallest absolute Gasteiger partial charge is 0.243 e. The molecule has 1 saturated heterocycles. The molecule has 3 aromatic rings. The van der Waals surface area contributed by atoms with Crippen LogP contribution in [0.5, 0.6) is 5.75 Å². The minimum Gasteiger partial charge on any atom is -0.487 e. The molecule has 1 aliphatic heterocycles. The Bertz CT molecular complexity index is 1110. The highest BCUT2D eigenvalue weighted by molar-refractivity contribution is 9.10. The van der Waals surface area contributed by atoms with Crippen LogP contribution in [0.2, 0.25) is 5.02 Å². The number of halogens is 2. The first kappa shape index (κ1) is 22.2. The molecule has 32 heavy (non-hydrogen) atoms. The van der Waals surface area contributed by atoms with Crippen LogP contribution < -0.4 is 20.5 Å². The van der Waals surface area contributed by atoms with Gasteiger partial charge in [0.25, 0.3) is 0 Å². The molecular weight excluding hydrogens is 494 g/mol. The third kappa shape index (κ3) is 5.41. The maximum Gasteiger partial charge on any atom is 0.243 e. The molecule has 2 amide bonds. The number of rotatable bonds is 7. The lowest BCUT2D eigenvalue weighted by Gasteiger charge is -2.18. The summed E-state index contributed by atoms with van der Waals surface area (Å²) in [5, 5.41) is 0.596. The van der Waals surface area contributed by atoms with Crippen molar-refractivity contribution in [1.82, 2.24) is 5.43 Å². The SMILES string of the molecule is O=C(NNc1cc(Br)ccc1OCc1ccccc1)[C@@H]1CC(=O)N(c2ccc(Cl)cc2)C1. The van der Waals surface area contributed by atoms with Gasteiger partial charge in [0, 0.05) is 28.1 Å². The van der Waals surface area contributed by atoms with Gasteiger partial charge in [-0.25, -0.2) is 0 Å². The number of carbonyl (C=O) groups is 2. The molecule has 0 aliphatic carbocycles. The Morgan fingerprint density at radius 2 is 1.84 bits per heavy atom. The average molecular weight is 515 g/mol. The van der Waals surface area contributed by atoms with Crippen molar-refractivity contribution in [3.63, 3.8) is 0 Å². The van der Waals surface area contributed by atoms with Crippen LogP contribution in [0, 0.1) is 5.92 Å². The van der Waals surface area contributed by atoms with Crippen LogP contribution in [0.4, 0.5) is 11.4 Å². The highest BCUT2D eigenvalue weighted by Crippen LogP contribution is 2.29. The van der Waals surface area contributed by atoms with Crippen molar-refractivity contribution in [1.29, 1.82) is 0 Å². The van der Waals surface area contributed by atoms with E-state index in [4.69, 9.17) is 16.3 Å². The molecule has 1 heterocycles. The highest BCUT2D eigenvalue weighted by atomic mass is 79.9. The van der Waals surface area contributed by atoms with E-state index in [1.165, 1.54) is 0 Å². The number of hydrogen-bond acceptors (Lipinski definition) is 4. The zero-order valence-corrected chi connectivity index (χ0v) is 19.4. The topological polar surface area (TPSA) is 70.7 Å². The summed E-state index contributed by atoms with van der Waals surface area (Å²) < 4.78 is 6.77. The molecular formula is C24H21BrClN3O3. The van der Waals surface area contributed by atoms with E-state index in [0.717, 1.165) is 15.7 Å². The molecule has 3 aromatic carbocycles. The Balaban J connectivity index is 1.38. The van der Waals surface area contributed by atoms with E-state index in [0.29, 0.717) is 29.6 Å². The Morgan fingerprint density at radius 3 is 2.59 bits per heavy atom. The van der Waals surface area contributed by atoms with E-state index in [-0.39, 0.29) is 18.2 Å². The fourth-order valence-electron chi connectivity index (χ4n) is 3.45. The molecule has 0 saturated carbocycles. The van der Waals surface area contributed by atoms with Crippen LogP contribution in [-0.2, 0) is 16.2 Å². The maximum absolute atomic E-state index is 12.7. The lowest BCUT2D eigenvalue weighted by molar-refractivity contribution is -0.125. The lowest BCUT2D eigenvalue weighted by atomic mass is 10.1. The van der Waals surface area contributed by atoms with E-state index in [1.807, 2.05) is 48.5 Å². The van der Waals surface area contributed by atoms with Crippen LogP contribution in [0.3, 0.4) is 0 Å². The number of amides is 2. The molecule has 1 aliphatic rings. The van der Waals surface area contributed by atoms with E-state index >= 15 is 0 Å². The highest BCUT2D eigenvalue weighted by Gasteiger charge is 2.35.